The third-order valence-corrected chi connectivity index (χ3v) is 16.6. The number of allylic oxidation sites excluding steroid dienone is 4. The maximum atomic E-state index is 9.71. The molecule has 0 bridgehead atoms. The monoisotopic (exact) mass is 791 g/mol. The van der Waals surface area contributed by atoms with Crippen LogP contribution in [0, 0.1) is 11.3 Å². The molecule has 3 nitrogen and oxygen atoms in total. The summed E-state index contributed by atoms with van der Waals surface area (Å²) in [5, 5.41) is 11.0. The topological polar surface area (TPSA) is 33.6 Å². The second-order valence-electron chi connectivity index (χ2n) is 16.1. The first-order valence-electron chi connectivity index (χ1n) is 21.3. The lowest BCUT2D eigenvalue weighted by atomic mass is 9.92. The molecule has 2 aromatic heterocycles. The summed E-state index contributed by atoms with van der Waals surface area (Å²) in [4.78, 5) is 5.35. The Morgan fingerprint density at radius 3 is 1.90 bits per heavy atom. The van der Waals surface area contributed by atoms with Crippen molar-refractivity contribution in [1.29, 1.82) is 5.26 Å². The quantitative estimate of drug-likeness (QED) is 0.158. The molecule has 0 radical (unpaired) electrons. The van der Waals surface area contributed by atoms with Crippen LogP contribution in [0.25, 0.3) is 40.0 Å². The second kappa shape index (κ2) is 15.1. The van der Waals surface area contributed by atoms with E-state index in [1.165, 1.54) is 93.9 Å². The van der Waals surface area contributed by atoms with Gasteiger partial charge in [-0.1, -0.05) is 97.1 Å². The molecular weight excluding hydrogens is 747 g/mol. The average Bonchev–Trinajstić information content (AvgIpc) is 3.71. The smallest absolute Gasteiger partial charge is 0.0992 e. The summed E-state index contributed by atoms with van der Waals surface area (Å²) < 4.78 is 5.02. The van der Waals surface area contributed by atoms with Gasteiger partial charge in [0, 0.05) is 71.0 Å². The lowest BCUT2D eigenvalue weighted by molar-refractivity contribution is 0.660. The molecule has 0 unspecified atom stereocenters. The van der Waals surface area contributed by atoms with Crippen molar-refractivity contribution in [3.8, 4) is 17.4 Å². The van der Waals surface area contributed by atoms with Gasteiger partial charge in [0.15, 0.2) is 0 Å². The van der Waals surface area contributed by atoms with Gasteiger partial charge in [-0.15, -0.1) is 10.0 Å². The lowest BCUT2D eigenvalue weighted by Gasteiger charge is -2.42. The lowest BCUT2D eigenvalue weighted by Crippen LogP contribution is -2.10. The number of aromatic nitrogens is 2. The molecule has 0 atom stereocenters. The zero-order chi connectivity index (χ0) is 40.0. The van der Waals surface area contributed by atoms with Crippen LogP contribution in [0.2, 0.25) is 0 Å². The predicted octanol–water partition coefficient (Wildman–Crippen LogP) is 14.1. The molecule has 6 aromatic carbocycles. The van der Waals surface area contributed by atoms with E-state index in [2.05, 4.69) is 185 Å². The van der Waals surface area contributed by atoms with E-state index < -0.39 is 10.0 Å². The van der Waals surface area contributed by atoms with Gasteiger partial charge in [-0.05, 0) is 146 Å². The highest BCUT2D eigenvalue weighted by molar-refractivity contribution is 8.34. The van der Waals surface area contributed by atoms with E-state index >= 15 is 0 Å². The van der Waals surface area contributed by atoms with Crippen LogP contribution in [0.3, 0.4) is 0 Å². The molecule has 0 amide bonds. The number of nitrogens with zero attached hydrogens (tertiary/aromatic N) is 3. The van der Waals surface area contributed by atoms with Gasteiger partial charge in [0.2, 0.25) is 0 Å². The molecule has 2 heterocycles. The second-order valence-corrected chi connectivity index (χ2v) is 19.2. The summed E-state index contributed by atoms with van der Waals surface area (Å²) in [5.74, 6) is 0. The normalized spacial score (nSPS) is 14.8. The molecule has 60 heavy (non-hydrogen) atoms. The maximum absolute atomic E-state index is 9.71. The molecule has 0 N–H and O–H groups in total. The highest BCUT2D eigenvalue weighted by Gasteiger charge is 2.34. The van der Waals surface area contributed by atoms with Gasteiger partial charge in [-0.3, -0.25) is 0 Å². The molecule has 0 spiro atoms. The number of fused-ring (bicyclic) bond motifs is 6. The fourth-order valence-electron chi connectivity index (χ4n) is 10.2. The molecule has 0 aliphatic heterocycles. The van der Waals surface area contributed by atoms with Gasteiger partial charge < -0.3 is 9.13 Å². The van der Waals surface area contributed by atoms with Gasteiger partial charge in [-0.25, -0.2) is 0 Å². The molecule has 4 heteroatoms. The van der Waals surface area contributed by atoms with Crippen molar-refractivity contribution >= 4 is 38.7 Å². The zero-order valence-corrected chi connectivity index (χ0v) is 34.4. The van der Waals surface area contributed by atoms with Gasteiger partial charge in [0.05, 0.1) is 17.1 Å². The van der Waals surface area contributed by atoms with Crippen molar-refractivity contribution in [2.45, 2.75) is 64.5 Å². The molecule has 3 aliphatic rings. The van der Waals surface area contributed by atoms with E-state index in [1.807, 2.05) is 18.2 Å². The Kier molecular flexibility index (Phi) is 9.13. The van der Waals surface area contributed by atoms with Crippen molar-refractivity contribution in [2.75, 3.05) is 0 Å². The Morgan fingerprint density at radius 1 is 0.517 bits per heavy atom. The number of hydrogen-bond donors (Lipinski definition) is 0. The molecule has 3 aliphatic carbocycles. The van der Waals surface area contributed by atoms with Crippen LogP contribution >= 0.6 is 10.0 Å². The third kappa shape index (κ3) is 5.87. The summed E-state index contributed by atoms with van der Waals surface area (Å²) in [6.45, 7) is 0. The van der Waals surface area contributed by atoms with Crippen LogP contribution in [0.1, 0.15) is 64.2 Å². The minimum atomic E-state index is -1.82. The van der Waals surface area contributed by atoms with Crippen molar-refractivity contribution in [3.63, 3.8) is 0 Å². The fourth-order valence-corrected chi connectivity index (χ4v) is 14.1. The Morgan fingerprint density at radius 2 is 1.18 bits per heavy atom. The SMILES string of the molecule is N#Cc1cccc(-n2c3c(c4cc(C5=Cc6c7c(n(-c8cccc(S(c9ccccc9)(c9ccccc9)c9ccccc9)c8)c6CC=C5)CCCC7)ccc42)C=CCC3)c1. The van der Waals surface area contributed by atoms with Gasteiger partial charge in [0.25, 0.3) is 0 Å². The van der Waals surface area contributed by atoms with E-state index in [-0.39, 0.29) is 0 Å². The molecule has 0 fully saturated rings. The first-order chi connectivity index (χ1) is 29.7. The Balaban J connectivity index is 1.07. The minimum Gasteiger partial charge on any atom is -0.317 e. The van der Waals surface area contributed by atoms with Crippen LogP contribution in [-0.4, -0.2) is 9.13 Å². The zero-order valence-electron chi connectivity index (χ0n) is 33.6. The Hall–Kier alpha value is -6.80. The van der Waals surface area contributed by atoms with E-state index in [0.717, 1.165) is 37.8 Å². The van der Waals surface area contributed by atoms with Gasteiger partial charge in [0.1, 0.15) is 0 Å². The van der Waals surface area contributed by atoms with Gasteiger partial charge in [-0.2, -0.15) is 5.26 Å². The molecular formula is C56H45N3S. The summed E-state index contributed by atoms with van der Waals surface area (Å²) in [6, 6.07) is 60.4. The molecule has 0 saturated carbocycles. The van der Waals surface area contributed by atoms with Crippen LogP contribution in [-0.2, 0) is 25.7 Å². The van der Waals surface area contributed by atoms with E-state index in [9.17, 15) is 5.26 Å². The van der Waals surface area contributed by atoms with Crippen molar-refractivity contribution in [2.24, 2.45) is 0 Å². The number of hydrogen-bond acceptors (Lipinski definition) is 1. The summed E-state index contributed by atoms with van der Waals surface area (Å²) >= 11 is 0. The first-order valence-corrected chi connectivity index (χ1v) is 22.9. The number of rotatable bonds is 7. The average molecular weight is 792 g/mol. The Bertz CT molecular complexity index is 2970. The predicted molar refractivity (Wildman–Crippen MR) is 248 cm³/mol. The highest BCUT2D eigenvalue weighted by Crippen LogP contribution is 2.73. The largest absolute Gasteiger partial charge is 0.317 e. The van der Waals surface area contributed by atoms with E-state index in [1.54, 1.807) is 0 Å². The van der Waals surface area contributed by atoms with Crippen LogP contribution < -0.4 is 0 Å². The summed E-state index contributed by atoms with van der Waals surface area (Å²) in [5.41, 5.74) is 15.0. The van der Waals surface area contributed by atoms with E-state index in [4.69, 9.17) is 0 Å². The summed E-state index contributed by atoms with van der Waals surface area (Å²) in [7, 11) is -1.82. The molecule has 0 saturated heterocycles. The number of nitriles is 1. The van der Waals surface area contributed by atoms with Crippen LogP contribution in [0.15, 0.2) is 196 Å². The maximum Gasteiger partial charge on any atom is 0.0992 e. The van der Waals surface area contributed by atoms with Crippen molar-refractivity contribution < 1.29 is 0 Å². The van der Waals surface area contributed by atoms with Crippen LogP contribution in [0.4, 0.5) is 0 Å². The fraction of sp³-hybridized carbons (Fsp3) is 0.125. The van der Waals surface area contributed by atoms with E-state index in [0.29, 0.717) is 5.56 Å². The highest BCUT2D eigenvalue weighted by atomic mass is 32.3. The molecule has 290 valence electrons. The standard InChI is InChI=1S/C56H45N3S/c57-39-40-17-14-19-43(35-40)58-53-30-12-11-29-50(53)52-37-42(33-34-56(52)58)41-18-15-32-55-51(36-41)49-28-10-13-31-54(49)59(55)44-20-16-27-48(38-44)60(45-21-4-1-5-22-45,46-23-6-2-7-24-46)47-25-8-3-9-26-47/h1-9,11,14-27,29,33-38H,10,12-13,28,30-32H2. The van der Waals surface area contributed by atoms with Crippen molar-refractivity contribution in [3.05, 3.63) is 221 Å². The van der Waals surface area contributed by atoms with Crippen molar-refractivity contribution in [1.82, 2.24) is 9.13 Å². The third-order valence-electron chi connectivity index (χ3n) is 12.8. The minimum absolute atomic E-state index is 0.682. The van der Waals surface area contributed by atoms with Crippen LogP contribution in [0.5, 0.6) is 0 Å². The number of benzene rings is 6. The first kappa shape index (κ1) is 36.3. The molecule has 8 aromatic rings. The molecule has 11 rings (SSSR count). The Labute approximate surface area is 354 Å². The van der Waals surface area contributed by atoms with Gasteiger partial charge >= 0.3 is 0 Å². The summed E-state index contributed by atoms with van der Waals surface area (Å²) in [6.07, 6.45) is 19.3.